The van der Waals surface area contributed by atoms with Gasteiger partial charge in [0.25, 0.3) is 0 Å². The van der Waals surface area contributed by atoms with Gasteiger partial charge in [-0.1, -0.05) is 24.3 Å². The predicted octanol–water partition coefficient (Wildman–Crippen LogP) is 3.82. The van der Waals surface area contributed by atoms with Crippen molar-refractivity contribution in [1.29, 1.82) is 0 Å². The third kappa shape index (κ3) is 1.92. The molecule has 0 unspecified atom stereocenters. The monoisotopic (exact) mass is 302 g/mol. The minimum atomic E-state index is 0.411. The topological polar surface area (TPSA) is 69.9 Å². The smallest absolute Gasteiger partial charge is 0.323 e. The van der Waals surface area contributed by atoms with Crippen molar-refractivity contribution in [1.82, 2.24) is 19.7 Å². The molecule has 0 fully saturated rings. The van der Waals surface area contributed by atoms with Crippen LogP contribution in [0.1, 0.15) is 0 Å². The molecule has 0 bridgehead atoms. The second-order valence-electron chi connectivity index (χ2n) is 5.12. The molecule has 0 spiro atoms. The van der Waals surface area contributed by atoms with Crippen molar-refractivity contribution >= 4 is 22.2 Å². The molecule has 0 aliphatic carbocycles. The van der Waals surface area contributed by atoms with E-state index in [4.69, 9.17) is 8.83 Å². The zero-order valence-corrected chi connectivity index (χ0v) is 11.9. The van der Waals surface area contributed by atoms with Crippen LogP contribution in [0.15, 0.2) is 69.8 Å². The average Bonchev–Trinajstić information content (AvgIpc) is 3.30. The highest BCUT2D eigenvalue weighted by Crippen LogP contribution is 2.25. The summed E-state index contributed by atoms with van der Waals surface area (Å²) in [6.45, 7) is 0. The fourth-order valence-electron chi connectivity index (χ4n) is 2.49. The number of fused-ring (bicyclic) bond motifs is 2. The first-order valence-electron chi connectivity index (χ1n) is 7.13. The normalized spacial score (nSPS) is 11.5. The lowest BCUT2D eigenvalue weighted by molar-refractivity contribution is 0.543. The lowest BCUT2D eigenvalue weighted by Gasteiger charge is -1.90. The molecule has 6 nitrogen and oxygen atoms in total. The van der Waals surface area contributed by atoms with Crippen molar-refractivity contribution in [2.24, 2.45) is 0 Å². The van der Waals surface area contributed by atoms with Crippen molar-refractivity contribution in [3.8, 4) is 17.5 Å². The van der Waals surface area contributed by atoms with Gasteiger partial charge in [0.05, 0.1) is 11.8 Å². The second-order valence-corrected chi connectivity index (χ2v) is 5.12. The Kier molecular flexibility index (Phi) is 2.40. The highest BCUT2D eigenvalue weighted by molar-refractivity contribution is 5.76. The molecule has 5 aromatic rings. The summed E-state index contributed by atoms with van der Waals surface area (Å²) in [4.78, 5) is 8.88. The first kappa shape index (κ1) is 12.2. The molecule has 5 rings (SSSR count). The van der Waals surface area contributed by atoms with E-state index in [1.807, 2.05) is 48.5 Å². The van der Waals surface area contributed by atoms with Crippen LogP contribution in [-0.4, -0.2) is 19.7 Å². The lowest BCUT2D eigenvalue weighted by atomic mass is 10.3. The van der Waals surface area contributed by atoms with Gasteiger partial charge in [-0.3, -0.25) is 0 Å². The molecule has 0 N–H and O–H groups in total. The van der Waals surface area contributed by atoms with E-state index in [1.165, 1.54) is 0 Å². The van der Waals surface area contributed by atoms with E-state index in [2.05, 4.69) is 15.1 Å². The standard InChI is InChI=1S/C17H10N4O2/c1-3-7-14-12(5-1)19-16(22-14)11-9-18-21(10-11)17-20-13-6-2-4-8-15(13)23-17/h1-10H. The Morgan fingerprint density at radius 3 is 2.22 bits per heavy atom. The molecule has 110 valence electrons. The van der Waals surface area contributed by atoms with E-state index in [9.17, 15) is 0 Å². The first-order chi connectivity index (χ1) is 11.4. The van der Waals surface area contributed by atoms with E-state index in [0.29, 0.717) is 11.9 Å². The number of hydrogen-bond donors (Lipinski definition) is 0. The van der Waals surface area contributed by atoms with Gasteiger partial charge in [0, 0.05) is 6.20 Å². The number of rotatable bonds is 2. The van der Waals surface area contributed by atoms with Gasteiger partial charge in [0.2, 0.25) is 5.89 Å². The van der Waals surface area contributed by atoms with Gasteiger partial charge in [-0.2, -0.15) is 14.8 Å². The summed E-state index contributed by atoms with van der Waals surface area (Å²) in [7, 11) is 0. The molecule has 0 radical (unpaired) electrons. The Labute approximate surface area is 130 Å². The maximum Gasteiger partial charge on any atom is 0.323 e. The van der Waals surface area contributed by atoms with Gasteiger partial charge < -0.3 is 8.83 Å². The summed E-state index contributed by atoms with van der Waals surface area (Å²) < 4.78 is 13.0. The Hall–Kier alpha value is -3.41. The number of benzene rings is 2. The van der Waals surface area contributed by atoms with Gasteiger partial charge in [-0.25, -0.2) is 4.98 Å². The molecule has 0 amide bonds. The molecular weight excluding hydrogens is 292 g/mol. The summed E-state index contributed by atoms with van der Waals surface area (Å²) >= 11 is 0. The predicted molar refractivity (Wildman–Crippen MR) is 84.1 cm³/mol. The van der Waals surface area contributed by atoms with Gasteiger partial charge in [-0.05, 0) is 24.3 Å². The molecule has 3 heterocycles. The molecule has 0 atom stereocenters. The summed E-state index contributed by atoms with van der Waals surface area (Å²) in [6.07, 6.45) is 3.47. The highest BCUT2D eigenvalue weighted by atomic mass is 16.4. The summed E-state index contributed by atoms with van der Waals surface area (Å²) in [5, 5.41) is 4.29. The van der Waals surface area contributed by atoms with Gasteiger partial charge in [0.1, 0.15) is 11.0 Å². The Bertz CT molecular complexity index is 981. The first-order valence-corrected chi connectivity index (χ1v) is 7.13. The second kappa shape index (κ2) is 4.54. The van der Waals surface area contributed by atoms with Crippen LogP contribution < -0.4 is 0 Å². The summed E-state index contributed by atoms with van der Waals surface area (Å²) in [5.74, 6) is 0.522. The highest BCUT2D eigenvalue weighted by Gasteiger charge is 2.13. The summed E-state index contributed by atoms with van der Waals surface area (Å²) in [5.41, 5.74) is 3.85. The fourth-order valence-corrected chi connectivity index (χ4v) is 2.49. The van der Waals surface area contributed by atoms with Crippen molar-refractivity contribution in [2.45, 2.75) is 0 Å². The zero-order chi connectivity index (χ0) is 15.2. The van der Waals surface area contributed by atoms with Crippen molar-refractivity contribution < 1.29 is 8.83 Å². The van der Waals surface area contributed by atoms with Crippen LogP contribution in [-0.2, 0) is 0 Å². The van der Waals surface area contributed by atoms with Crippen LogP contribution in [0.4, 0.5) is 0 Å². The Balaban J connectivity index is 1.59. The third-order valence-electron chi connectivity index (χ3n) is 3.60. The lowest BCUT2D eigenvalue weighted by Crippen LogP contribution is -1.93. The van der Waals surface area contributed by atoms with E-state index < -0.39 is 0 Å². The molecule has 0 saturated carbocycles. The molecule has 2 aromatic carbocycles. The van der Waals surface area contributed by atoms with Gasteiger partial charge in [0.15, 0.2) is 11.2 Å². The van der Waals surface area contributed by atoms with Crippen LogP contribution in [0, 0.1) is 0 Å². The van der Waals surface area contributed by atoms with E-state index in [1.54, 1.807) is 17.1 Å². The van der Waals surface area contributed by atoms with E-state index >= 15 is 0 Å². The van der Waals surface area contributed by atoms with Crippen molar-refractivity contribution in [3.63, 3.8) is 0 Å². The molecule has 6 heteroatoms. The third-order valence-corrected chi connectivity index (χ3v) is 3.60. The quantitative estimate of drug-likeness (QED) is 0.496. The minimum absolute atomic E-state index is 0.411. The maximum atomic E-state index is 5.75. The summed E-state index contributed by atoms with van der Waals surface area (Å²) in [6, 6.07) is 15.6. The van der Waals surface area contributed by atoms with E-state index in [0.717, 1.165) is 27.8 Å². The zero-order valence-electron chi connectivity index (χ0n) is 11.9. The van der Waals surface area contributed by atoms with Crippen LogP contribution >= 0.6 is 0 Å². The molecule has 3 aromatic heterocycles. The average molecular weight is 302 g/mol. The fraction of sp³-hybridized carbons (Fsp3) is 0. The van der Waals surface area contributed by atoms with Crippen LogP contribution in [0.5, 0.6) is 0 Å². The number of nitrogens with zero attached hydrogens (tertiary/aromatic N) is 4. The van der Waals surface area contributed by atoms with E-state index in [-0.39, 0.29) is 0 Å². The van der Waals surface area contributed by atoms with Crippen LogP contribution in [0.25, 0.3) is 39.7 Å². The van der Waals surface area contributed by atoms with Gasteiger partial charge in [-0.15, -0.1) is 0 Å². The number of hydrogen-bond acceptors (Lipinski definition) is 5. The SMILES string of the molecule is c1ccc2oc(-c3cnn(-c4nc5ccccc5o4)c3)nc2c1. The van der Waals surface area contributed by atoms with Crippen molar-refractivity contribution in [2.75, 3.05) is 0 Å². The maximum absolute atomic E-state index is 5.75. The van der Waals surface area contributed by atoms with Crippen molar-refractivity contribution in [3.05, 3.63) is 60.9 Å². The van der Waals surface area contributed by atoms with Gasteiger partial charge >= 0.3 is 6.01 Å². The number of oxazole rings is 2. The Morgan fingerprint density at radius 1 is 0.783 bits per heavy atom. The molecule has 23 heavy (non-hydrogen) atoms. The largest absolute Gasteiger partial charge is 0.436 e. The number of aromatic nitrogens is 4. The molecule has 0 saturated heterocycles. The van der Waals surface area contributed by atoms with Crippen LogP contribution in [0.2, 0.25) is 0 Å². The van der Waals surface area contributed by atoms with Crippen LogP contribution in [0.3, 0.4) is 0 Å². The molecule has 0 aliphatic heterocycles. The molecular formula is C17H10N4O2. The minimum Gasteiger partial charge on any atom is -0.436 e. The Morgan fingerprint density at radius 2 is 1.48 bits per heavy atom. The molecule has 0 aliphatic rings. The number of para-hydroxylation sites is 4.